The minimum Gasteiger partial charge on any atom is -0.369 e. The van der Waals surface area contributed by atoms with Gasteiger partial charge >= 0.3 is 6.18 Å². The maximum Gasteiger partial charge on any atom is 0.418 e. The molecule has 6 nitrogen and oxygen atoms in total. The molecule has 0 aliphatic carbocycles. The number of piperazine rings is 1. The zero-order valence-corrected chi connectivity index (χ0v) is 22.4. The van der Waals surface area contributed by atoms with Crippen molar-refractivity contribution in [2.75, 3.05) is 36.4 Å². The Kier molecular flexibility index (Phi) is 7.27. The molecule has 1 N–H and O–H groups in total. The molecule has 0 radical (unpaired) electrons. The standard InChI is InChI=1S/C30H27F3N6S/c31-30(32,33)26-18-25(38-16-14-37(15-17-38)19-22-4-2-1-3-5-22)10-11-27(26)35-29-36-28(20-40-29)23-6-8-24(9-7-23)39-13-12-34-21-39/h1-13,18,20-21H,14-17,19H2,(H,35,36). The molecule has 6 rings (SSSR count). The van der Waals surface area contributed by atoms with Crippen LogP contribution in [0.15, 0.2) is 96.9 Å². The molecular weight excluding hydrogens is 533 g/mol. The average molecular weight is 561 g/mol. The molecule has 1 saturated heterocycles. The minimum atomic E-state index is -4.50. The van der Waals surface area contributed by atoms with Crippen LogP contribution in [0.25, 0.3) is 16.9 Å². The van der Waals surface area contributed by atoms with E-state index < -0.39 is 11.7 Å². The van der Waals surface area contributed by atoms with Crippen molar-refractivity contribution in [2.24, 2.45) is 0 Å². The fourth-order valence-corrected chi connectivity index (χ4v) is 5.61. The van der Waals surface area contributed by atoms with Gasteiger partial charge in [-0.1, -0.05) is 42.5 Å². The van der Waals surface area contributed by atoms with Crippen LogP contribution in [0.5, 0.6) is 0 Å². The normalized spacial score (nSPS) is 14.4. The summed E-state index contributed by atoms with van der Waals surface area (Å²) < 4.78 is 44.3. The molecule has 0 spiro atoms. The molecule has 204 valence electrons. The number of anilines is 3. The molecule has 0 amide bonds. The van der Waals surface area contributed by atoms with Crippen LogP contribution in [0.4, 0.5) is 29.7 Å². The van der Waals surface area contributed by atoms with E-state index in [9.17, 15) is 13.2 Å². The lowest BCUT2D eigenvalue weighted by molar-refractivity contribution is -0.136. The number of thiazole rings is 1. The summed E-state index contributed by atoms with van der Waals surface area (Å²) in [4.78, 5) is 13.0. The van der Waals surface area contributed by atoms with Crippen molar-refractivity contribution in [1.82, 2.24) is 19.4 Å². The first-order valence-electron chi connectivity index (χ1n) is 13.0. The second kappa shape index (κ2) is 11.1. The summed E-state index contributed by atoms with van der Waals surface area (Å²) in [5.74, 6) is 0. The van der Waals surface area contributed by atoms with Crippen LogP contribution >= 0.6 is 11.3 Å². The molecular formula is C30H27F3N6S. The predicted molar refractivity (Wildman–Crippen MR) is 153 cm³/mol. The van der Waals surface area contributed by atoms with Crippen molar-refractivity contribution in [3.8, 4) is 16.9 Å². The third-order valence-corrected chi connectivity index (χ3v) is 7.76. The summed E-state index contributed by atoms with van der Waals surface area (Å²) in [6, 6.07) is 22.5. The Morgan fingerprint density at radius 1 is 0.875 bits per heavy atom. The third-order valence-electron chi connectivity index (χ3n) is 7.01. The Hall–Kier alpha value is -4.15. The number of hydrogen-bond donors (Lipinski definition) is 1. The molecule has 0 unspecified atom stereocenters. The van der Waals surface area contributed by atoms with E-state index in [2.05, 4.69) is 32.3 Å². The summed E-state index contributed by atoms with van der Waals surface area (Å²) in [5.41, 5.74) is 3.66. The summed E-state index contributed by atoms with van der Waals surface area (Å²) >= 11 is 1.27. The number of hydrogen-bond acceptors (Lipinski definition) is 6. The van der Waals surface area contributed by atoms with Crippen molar-refractivity contribution in [3.05, 3.63) is 108 Å². The molecule has 5 aromatic rings. The Labute approximate surface area is 234 Å². The van der Waals surface area contributed by atoms with Crippen molar-refractivity contribution < 1.29 is 13.2 Å². The van der Waals surface area contributed by atoms with Crippen LogP contribution in [0.2, 0.25) is 0 Å². The van der Waals surface area contributed by atoms with E-state index in [1.165, 1.54) is 29.0 Å². The minimum absolute atomic E-state index is 0.00433. The van der Waals surface area contributed by atoms with Gasteiger partial charge in [0.15, 0.2) is 5.13 Å². The molecule has 0 atom stereocenters. The van der Waals surface area contributed by atoms with Gasteiger partial charge in [0.25, 0.3) is 0 Å². The van der Waals surface area contributed by atoms with Gasteiger partial charge in [-0.25, -0.2) is 9.97 Å². The first-order chi connectivity index (χ1) is 19.4. The number of nitrogens with one attached hydrogen (secondary N) is 1. The second-order valence-electron chi connectivity index (χ2n) is 9.66. The first kappa shape index (κ1) is 26.1. The Bertz CT molecular complexity index is 1540. The fourth-order valence-electron chi connectivity index (χ4n) is 4.87. The van der Waals surface area contributed by atoms with Gasteiger partial charge in [0.05, 0.1) is 23.3 Å². The Balaban J connectivity index is 1.14. The van der Waals surface area contributed by atoms with Crippen LogP contribution in [0.1, 0.15) is 11.1 Å². The monoisotopic (exact) mass is 560 g/mol. The third kappa shape index (κ3) is 5.88. The van der Waals surface area contributed by atoms with Crippen LogP contribution in [-0.2, 0) is 12.7 Å². The zero-order valence-electron chi connectivity index (χ0n) is 21.6. The highest BCUT2D eigenvalue weighted by Crippen LogP contribution is 2.39. The van der Waals surface area contributed by atoms with Gasteiger partial charge in [-0.3, -0.25) is 4.90 Å². The number of nitrogens with zero attached hydrogens (tertiary/aromatic N) is 5. The van der Waals surface area contributed by atoms with Crippen LogP contribution in [-0.4, -0.2) is 45.6 Å². The summed E-state index contributed by atoms with van der Waals surface area (Å²) in [6.07, 6.45) is 0.780. The SMILES string of the molecule is FC(F)(F)c1cc(N2CCN(Cc3ccccc3)CC2)ccc1Nc1nc(-c2ccc(-n3ccnc3)cc2)cs1. The Morgan fingerprint density at radius 2 is 1.62 bits per heavy atom. The molecule has 3 heterocycles. The van der Waals surface area contributed by atoms with Gasteiger partial charge in [0.1, 0.15) is 0 Å². The van der Waals surface area contributed by atoms with Gasteiger partial charge in [0.2, 0.25) is 0 Å². The molecule has 2 aromatic heterocycles. The predicted octanol–water partition coefficient (Wildman–Crippen LogP) is 7.08. The quantitative estimate of drug-likeness (QED) is 0.231. The van der Waals surface area contributed by atoms with Crippen molar-refractivity contribution in [2.45, 2.75) is 12.7 Å². The maximum atomic E-state index is 14.1. The highest BCUT2D eigenvalue weighted by molar-refractivity contribution is 7.14. The molecule has 1 fully saturated rings. The van der Waals surface area contributed by atoms with E-state index in [-0.39, 0.29) is 5.69 Å². The number of aromatic nitrogens is 3. The molecule has 0 bridgehead atoms. The zero-order chi connectivity index (χ0) is 27.5. The lowest BCUT2D eigenvalue weighted by Crippen LogP contribution is -2.46. The van der Waals surface area contributed by atoms with Crippen molar-refractivity contribution in [3.63, 3.8) is 0 Å². The van der Waals surface area contributed by atoms with Crippen LogP contribution in [0, 0.1) is 0 Å². The number of imidazole rings is 1. The largest absolute Gasteiger partial charge is 0.418 e. The van der Waals surface area contributed by atoms with Crippen LogP contribution < -0.4 is 10.2 Å². The van der Waals surface area contributed by atoms with Crippen molar-refractivity contribution in [1.29, 1.82) is 0 Å². The number of benzene rings is 3. The maximum absolute atomic E-state index is 14.1. The summed E-state index contributed by atoms with van der Waals surface area (Å²) in [6.45, 7) is 3.78. The van der Waals surface area contributed by atoms with E-state index >= 15 is 0 Å². The number of alkyl halides is 3. The molecule has 1 aliphatic rings. The van der Waals surface area contributed by atoms with Gasteiger partial charge in [-0.05, 0) is 35.9 Å². The van der Waals surface area contributed by atoms with Gasteiger partial charge in [-0.15, -0.1) is 11.3 Å². The average Bonchev–Trinajstić information content (AvgIpc) is 3.67. The molecule has 10 heteroatoms. The molecule has 3 aromatic carbocycles. The van der Waals surface area contributed by atoms with Crippen molar-refractivity contribution >= 4 is 27.8 Å². The number of halogens is 3. The van der Waals surface area contributed by atoms with Gasteiger partial charge < -0.3 is 14.8 Å². The smallest absolute Gasteiger partial charge is 0.369 e. The number of rotatable bonds is 7. The summed E-state index contributed by atoms with van der Waals surface area (Å²) in [7, 11) is 0. The van der Waals surface area contributed by atoms with E-state index in [4.69, 9.17) is 0 Å². The lowest BCUT2D eigenvalue weighted by atomic mass is 10.1. The summed E-state index contributed by atoms with van der Waals surface area (Å²) in [5, 5.41) is 5.16. The Morgan fingerprint density at radius 3 is 2.33 bits per heavy atom. The van der Waals surface area contributed by atoms with E-state index in [1.807, 2.05) is 63.5 Å². The highest BCUT2D eigenvalue weighted by Gasteiger charge is 2.35. The topological polar surface area (TPSA) is 49.2 Å². The van der Waals surface area contributed by atoms with Gasteiger partial charge in [-0.2, -0.15) is 13.2 Å². The first-order valence-corrected chi connectivity index (χ1v) is 13.8. The fraction of sp³-hybridized carbons (Fsp3) is 0.200. The molecule has 1 aliphatic heterocycles. The van der Waals surface area contributed by atoms with E-state index in [1.54, 1.807) is 18.6 Å². The van der Waals surface area contributed by atoms with Crippen LogP contribution in [0.3, 0.4) is 0 Å². The van der Waals surface area contributed by atoms with E-state index in [0.717, 1.165) is 30.9 Å². The highest BCUT2D eigenvalue weighted by atomic mass is 32.1. The molecule has 0 saturated carbocycles. The lowest BCUT2D eigenvalue weighted by Gasteiger charge is -2.36. The van der Waals surface area contributed by atoms with E-state index in [0.29, 0.717) is 29.6 Å². The second-order valence-corrected chi connectivity index (χ2v) is 10.5. The molecule has 40 heavy (non-hydrogen) atoms. The van der Waals surface area contributed by atoms with Gasteiger partial charge in [0, 0.05) is 67.4 Å².